The molecule has 3 aromatic rings. The molecule has 0 aliphatic carbocycles. The number of ether oxygens (including phenoxy) is 2. The minimum Gasteiger partial charge on any atom is -0.474 e. The number of aromatic nitrogens is 1. The van der Waals surface area contributed by atoms with Crippen molar-refractivity contribution >= 4 is 44.0 Å². The predicted octanol–water partition coefficient (Wildman–Crippen LogP) is 4.45. The SMILES string of the molecule is CS(=O)(=O)N1CCN(C(=O)OCC(Oc2ccc(F)c(C(N)=O)c2F)c2nc(-c3ccc(C(F)(F)F)cc3)c(Br)o2)C1=O. The number of imide groups is 1. The summed E-state index contributed by atoms with van der Waals surface area (Å²) in [6.45, 7) is -1.57. The number of nitrogens with two attached hydrogens (primary N) is 1. The largest absolute Gasteiger partial charge is 0.474 e. The first-order chi connectivity index (χ1) is 20.0. The van der Waals surface area contributed by atoms with Crippen molar-refractivity contribution in [3.63, 3.8) is 0 Å². The van der Waals surface area contributed by atoms with Gasteiger partial charge in [-0.3, -0.25) is 4.79 Å². The number of benzene rings is 2. The van der Waals surface area contributed by atoms with Crippen molar-refractivity contribution < 1.29 is 58.6 Å². The maximum absolute atomic E-state index is 15.0. The molecule has 12 nitrogen and oxygen atoms in total. The highest BCUT2D eigenvalue weighted by Gasteiger charge is 2.40. The maximum Gasteiger partial charge on any atom is 0.418 e. The van der Waals surface area contributed by atoms with Gasteiger partial charge in [0.1, 0.15) is 23.7 Å². The van der Waals surface area contributed by atoms with Crippen molar-refractivity contribution in [1.82, 2.24) is 14.2 Å². The van der Waals surface area contributed by atoms with Crippen LogP contribution in [0.4, 0.5) is 31.5 Å². The van der Waals surface area contributed by atoms with Gasteiger partial charge in [-0.2, -0.15) is 13.2 Å². The number of oxazole rings is 1. The van der Waals surface area contributed by atoms with Gasteiger partial charge in [0.05, 0.1) is 24.9 Å². The molecule has 43 heavy (non-hydrogen) atoms. The highest BCUT2D eigenvalue weighted by molar-refractivity contribution is 9.10. The van der Waals surface area contributed by atoms with Crippen LogP contribution in [0.2, 0.25) is 0 Å². The Bertz CT molecular complexity index is 1700. The smallest absolute Gasteiger partial charge is 0.418 e. The van der Waals surface area contributed by atoms with Gasteiger partial charge in [0.15, 0.2) is 16.2 Å². The molecule has 0 bridgehead atoms. The second-order valence-electron chi connectivity index (χ2n) is 8.80. The number of carbonyl (C=O) groups is 3. The summed E-state index contributed by atoms with van der Waals surface area (Å²) in [5.74, 6) is -5.48. The van der Waals surface area contributed by atoms with Crippen LogP contribution in [0.15, 0.2) is 45.5 Å². The summed E-state index contributed by atoms with van der Waals surface area (Å²) in [6.07, 6.45) is -6.84. The van der Waals surface area contributed by atoms with E-state index in [4.69, 9.17) is 19.6 Å². The van der Waals surface area contributed by atoms with Crippen molar-refractivity contribution in [3.05, 3.63) is 69.7 Å². The van der Waals surface area contributed by atoms with E-state index >= 15 is 0 Å². The number of hydrogen-bond donors (Lipinski definition) is 1. The maximum atomic E-state index is 15.0. The van der Waals surface area contributed by atoms with Gasteiger partial charge in [0, 0.05) is 5.56 Å². The van der Waals surface area contributed by atoms with Crippen LogP contribution in [-0.4, -0.2) is 66.6 Å². The van der Waals surface area contributed by atoms with Crippen molar-refractivity contribution in [2.45, 2.75) is 12.3 Å². The fourth-order valence-electron chi connectivity index (χ4n) is 3.83. The van der Waals surface area contributed by atoms with E-state index in [0.717, 1.165) is 36.6 Å². The molecule has 4 amide bonds. The molecule has 0 spiro atoms. The monoisotopic (exact) mass is 696 g/mol. The first-order valence-electron chi connectivity index (χ1n) is 11.7. The summed E-state index contributed by atoms with van der Waals surface area (Å²) >= 11 is 3.07. The molecule has 0 radical (unpaired) electrons. The van der Waals surface area contributed by atoms with Crippen molar-refractivity contribution in [1.29, 1.82) is 0 Å². The number of sulfonamides is 1. The van der Waals surface area contributed by atoms with Crippen LogP contribution < -0.4 is 10.5 Å². The second-order valence-corrected chi connectivity index (χ2v) is 11.4. The molecule has 1 atom stereocenters. The Morgan fingerprint density at radius 1 is 1.14 bits per heavy atom. The summed E-state index contributed by atoms with van der Waals surface area (Å²) in [6, 6.07) is 4.03. The Labute approximate surface area is 247 Å². The minimum atomic E-state index is -4.61. The molecule has 0 saturated carbocycles. The lowest BCUT2D eigenvalue weighted by atomic mass is 10.1. The van der Waals surface area contributed by atoms with E-state index in [1.54, 1.807) is 0 Å². The van der Waals surface area contributed by atoms with Gasteiger partial charge >= 0.3 is 18.3 Å². The summed E-state index contributed by atoms with van der Waals surface area (Å²) in [5, 5.41) is 0. The van der Waals surface area contributed by atoms with E-state index in [0.29, 0.717) is 15.3 Å². The number of amides is 4. The van der Waals surface area contributed by atoms with Crippen LogP contribution in [0, 0.1) is 11.6 Å². The molecule has 1 aliphatic rings. The number of nitrogens with zero attached hydrogens (tertiary/aromatic N) is 3. The quantitative estimate of drug-likeness (QED) is 0.335. The number of rotatable bonds is 8. The number of urea groups is 1. The average molecular weight is 697 g/mol. The Kier molecular flexibility index (Phi) is 8.68. The highest BCUT2D eigenvalue weighted by atomic mass is 79.9. The number of carbonyl (C=O) groups excluding carboxylic acids is 3. The van der Waals surface area contributed by atoms with E-state index < -0.39 is 81.3 Å². The van der Waals surface area contributed by atoms with E-state index in [1.165, 1.54) is 0 Å². The third-order valence-corrected chi connectivity index (χ3v) is 7.56. The zero-order chi connectivity index (χ0) is 31.9. The Balaban J connectivity index is 1.65. The van der Waals surface area contributed by atoms with Gasteiger partial charge in [-0.1, -0.05) is 12.1 Å². The van der Waals surface area contributed by atoms with Gasteiger partial charge < -0.3 is 19.6 Å². The Morgan fingerprint density at radius 2 is 1.79 bits per heavy atom. The first kappa shape index (κ1) is 31.7. The average Bonchev–Trinajstić information content (AvgIpc) is 3.49. The molecule has 1 fully saturated rings. The normalized spacial score (nSPS) is 14.6. The van der Waals surface area contributed by atoms with Gasteiger partial charge in [-0.25, -0.2) is 41.0 Å². The lowest BCUT2D eigenvalue weighted by Crippen LogP contribution is -2.39. The molecular weight excluding hydrogens is 679 g/mol. The second kappa shape index (κ2) is 11.8. The summed E-state index contributed by atoms with van der Waals surface area (Å²) < 4.78 is 108. The molecule has 1 saturated heterocycles. The third-order valence-electron chi connectivity index (χ3n) is 5.88. The third kappa shape index (κ3) is 6.71. The summed E-state index contributed by atoms with van der Waals surface area (Å²) in [5.41, 5.74) is 3.05. The Morgan fingerprint density at radius 3 is 2.35 bits per heavy atom. The van der Waals surface area contributed by atoms with Crippen LogP contribution in [0.1, 0.15) is 27.9 Å². The van der Waals surface area contributed by atoms with E-state index in [-0.39, 0.29) is 29.0 Å². The minimum absolute atomic E-state index is 0.0421. The number of halogens is 6. The van der Waals surface area contributed by atoms with E-state index in [1.807, 2.05) is 0 Å². The fourth-order valence-corrected chi connectivity index (χ4v) is 5.11. The summed E-state index contributed by atoms with van der Waals surface area (Å²) in [4.78, 5) is 41.2. The number of primary amides is 1. The molecule has 2 aromatic carbocycles. The van der Waals surface area contributed by atoms with Crippen molar-refractivity contribution in [2.24, 2.45) is 5.73 Å². The molecule has 1 unspecified atom stereocenters. The molecule has 1 aromatic heterocycles. The van der Waals surface area contributed by atoms with E-state index in [9.17, 15) is 44.8 Å². The van der Waals surface area contributed by atoms with Gasteiger partial charge in [0.2, 0.25) is 22.0 Å². The van der Waals surface area contributed by atoms with Gasteiger partial charge in [0.25, 0.3) is 5.91 Å². The lowest BCUT2D eigenvalue weighted by molar-refractivity contribution is -0.137. The van der Waals surface area contributed by atoms with Crippen LogP contribution >= 0.6 is 15.9 Å². The zero-order valence-corrected chi connectivity index (χ0v) is 23.9. The molecule has 2 heterocycles. The standard InChI is InChI=1S/C24H18BrF5N4O8S/c1-43(38,39)34-9-8-33(22(34)36)23(37)40-10-15(41-14-7-6-13(26)16(17(14)27)20(31)35)21-32-18(19(25)42-21)11-2-4-12(5-3-11)24(28,29)30/h2-7,15H,8-10H2,1H3,(H2,31,35). The molecule has 2 N–H and O–H groups in total. The Hall–Kier alpha value is -4.26. The lowest BCUT2D eigenvalue weighted by Gasteiger charge is -2.19. The first-order valence-corrected chi connectivity index (χ1v) is 14.4. The van der Waals surface area contributed by atoms with Crippen molar-refractivity contribution in [3.8, 4) is 17.0 Å². The molecule has 1 aliphatic heterocycles. The molecular formula is C24H18BrF5N4O8S. The predicted molar refractivity (Wildman–Crippen MR) is 138 cm³/mol. The van der Waals surface area contributed by atoms with E-state index in [2.05, 4.69) is 20.9 Å². The van der Waals surface area contributed by atoms with Gasteiger partial charge in [-0.05, 0) is 40.2 Å². The highest BCUT2D eigenvalue weighted by Crippen LogP contribution is 2.36. The van der Waals surface area contributed by atoms with Crippen LogP contribution in [-0.2, 0) is 20.9 Å². The fraction of sp³-hybridized carbons (Fsp3) is 0.250. The van der Waals surface area contributed by atoms with Crippen LogP contribution in [0.3, 0.4) is 0 Å². The number of alkyl halides is 3. The van der Waals surface area contributed by atoms with Gasteiger partial charge in [-0.15, -0.1) is 0 Å². The zero-order valence-electron chi connectivity index (χ0n) is 21.5. The summed E-state index contributed by atoms with van der Waals surface area (Å²) in [7, 11) is -3.98. The van der Waals surface area contributed by atoms with Crippen molar-refractivity contribution in [2.75, 3.05) is 26.0 Å². The topological polar surface area (TPSA) is 162 Å². The molecule has 230 valence electrons. The van der Waals surface area contributed by atoms with Crippen LogP contribution in [0.25, 0.3) is 11.3 Å². The number of hydrogen-bond acceptors (Lipinski definition) is 9. The van der Waals surface area contributed by atoms with Crippen LogP contribution in [0.5, 0.6) is 5.75 Å². The molecule has 19 heteroatoms. The molecule has 4 rings (SSSR count).